The fourth-order valence-corrected chi connectivity index (χ4v) is 2.97. The van der Waals surface area contributed by atoms with Crippen molar-refractivity contribution in [1.29, 1.82) is 0 Å². The number of carbonyl (C=O) groups is 1. The van der Waals surface area contributed by atoms with E-state index in [0.29, 0.717) is 0 Å². The monoisotopic (exact) mass is 290 g/mol. The molecule has 1 aromatic carbocycles. The second kappa shape index (κ2) is 7.46. The molecule has 4 nitrogen and oxygen atoms in total. The summed E-state index contributed by atoms with van der Waals surface area (Å²) in [4.78, 5) is 13.4. The molecule has 0 radical (unpaired) electrons. The van der Waals surface area contributed by atoms with Crippen LogP contribution in [-0.2, 0) is 11.2 Å². The number of piperidine rings is 1. The van der Waals surface area contributed by atoms with Crippen LogP contribution in [0, 0.1) is 5.92 Å². The zero-order chi connectivity index (χ0) is 15.2. The van der Waals surface area contributed by atoms with Gasteiger partial charge in [0.25, 0.3) is 0 Å². The lowest BCUT2D eigenvalue weighted by Crippen LogP contribution is -2.46. The van der Waals surface area contributed by atoms with E-state index in [-0.39, 0.29) is 11.9 Å². The number of aryl methyl sites for hydroxylation is 1. The number of primary amides is 1. The van der Waals surface area contributed by atoms with Gasteiger partial charge in [0, 0.05) is 0 Å². The first-order valence-corrected chi connectivity index (χ1v) is 7.76. The van der Waals surface area contributed by atoms with E-state index in [9.17, 15) is 4.79 Å². The molecule has 1 atom stereocenters. The number of ether oxygens (including phenoxy) is 1. The molecule has 0 saturated carbocycles. The van der Waals surface area contributed by atoms with E-state index in [1.54, 1.807) is 7.11 Å². The summed E-state index contributed by atoms with van der Waals surface area (Å²) in [5.41, 5.74) is 6.73. The lowest BCUT2D eigenvalue weighted by molar-refractivity contribution is -0.123. The van der Waals surface area contributed by atoms with Gasteiger partial charge in [-0.1, -0.05) is 12.1 Å². The van der Waals surface area contributed by atoms with Crippen molar-refractivity contribution >= 4 is 5.91 Å². The maximum atomic E-state index is 11.2. The van der Waals surface area contributed by atoms with Crippen LogP contribution >= 0.6 is 0 Å². The molecule has 2 rings (SSSR count). The van der Waals surface area contributed by atoms with Crippen LogP contribution < -0.4 is 10.5 Å². The predicted molar refractivity (Wildman–Crippen MR) is 84.3 cm³/mol. The quantitative estimate of drug-likeness (QED) is 0.874. The fourth-order valence-electron chi connectivity index (χ4n) is 2.97. The Morgan fingerprint density at radius 2 is 1.95 bits per heavy atom. The molecule has 1 saturated heterocycles. The van der Waals surface area contributed by atoms with Gasteiger partial charge in [0.15, 0.2) is 0 Å². The molecule has 0 aliphatic carbocycles. The normalized spacial score (nSPS) is 18.4. The molecule has 21 heavy (non-hydrogen) atoms. The minimum Gasteiger partial charge on any atom is -0.497 e. The number of hydrogen-bond donors (Lipinski definition) is 1. The van der Waals surface area contributed by atoms with Crippen molar-refractivity contribution in [2.45, 2.75) is 38.6 Å². The Kier molecular flexibility index (Phi) is 5.62. The van der Waals surface area contributed by atoms with Crippen molar-refractivity contribution in [2.75, 3.05) is 20.2 Å². The topological polar surface area (TPSA) is 55.6 Å². The third kappa shape index (κ3) is 4.46. The van der Waals surface area contributed by atoms with E-state index in [1.165, 1.54) is 12.0 Å². The van der Waals surface area contributed by atoms with Crippen LogP contribution in [0.1, 0.15) is 31.7 Å². The van der Waals surface area contributed by atoms with E-state index in [1.807, 2.05) is 19.1 Å². The standard InChI is InChI=1S/C17H26N2O2/c1-13(17(18)20)19-11-9-15(10-12-19)4-3-14-5-7-16(21-2)8-6-14/h5-8,13,15H,3-4,9-12H2,1-2H3,(H2,18,20)/t13-/m1/s1. The molecule has 1 fully saturated rings. The average molecular weight is 290 g/mol. The van der Waals surface area contributed by atoms with Crippen LogP contribution in [0.3, 0.4) is 0 Å². The van der Waals surface area contributed by atoms with E-state index in [2.05, 4.69) is 17.0 Å². The Morgan fingerprint density at radius 3 is 2.48 bits per heavy atom. The third-order valence-corrected chi connectivity index (χ3v) is 4.61. The molecule has 1 heterocycles. The van der Waals surface area contributed by atoms with Crippen molar-refractivity contribution in [2.24, 2.45) is 11.7 Å². The van der Waals surface area contributed by atoms with E-state index in [0.717, 1.165) is 44.0 Å². The Bertz CT molecular complexity index is 450. The smallest absolute Gasteiger partial charge is 0.234 e. The summed E-state index contributed by atoms with van der Waals surface area (Å²) < 4.78 is 5.17. The summed E-state index contributed by atoms with van der Waals surface area (Å²) in [5.74, 6) is 1.45. The summed E-state index contributed by atoms with van der Waals surface area (Å²) in [6.45, 7) is 3.87. The number of benzene rings is 1. The van der Waals surface area contributed by atoms with Gasteiger partial charge in [0.1, 0.15) is 5.75 Å². The molecule has 0 bridgehead atoms. The largest absolute Gasteiger partial charge is 0.497 e. The first kappa shape index (κ1) is 15.8. The summed E-state index contributed by atoms with van der Waals surface area (Å²) in [5, 5.41) is 0. The second-order valence-electron chi connectivity index (χ2n) is 5.94. The highest BCUT2D eigenvalue weighted by atomic mass is 16.5. The van der Waals surface area contributed by atoms with Crippen LogP contribution in [0.4, 0.5) is 0 Å². The minimum absolute atomic E-state index is 0.132. The van der Waals surface area contributed by atoms with Gasteiger partial charge in [0.2, 0.25) is 5.91 Å². The zero-order valence-electron chi connectivity index (χ0n) is 13.0. The van der Waals surface area contributed by atoms with E-state index >= 15 is 0 Å². The molecular formula is C17H26N2O2. The summed E-state index contributed by atoms with van der Waals surface area (Å²) in [6.07, 6.45) is 4.65. The van der Waals surface area contributed by atoms with Gasteiger partial charge in [0.05, 0.1) is 13.2 Å². The number of nitrogens with two attached hydrogens (primary N) is 1. The highest BCUT2D eigenvalue weighted by Gasteiger charge is 2.24. The van der Waals surface area contributed by atoms with Crippen LogP contribution in [-0.4, -0.2) is 37.0 Å². The number of amides is 1. The van der Waals surface area contributed by atoms with E-state index < -0.39 is 0 Å². The maximum Gasteiger partial charge on any atom is 0.234 e. The van der Waals surface area contributed by atoms with Gasteiger partial charge < -0.3 is 10.5 Å². The first-order valence-electron chi connectivity index (χ1n) is 7.76. The van der Waals surface area contributed by atoms with Gasteiger partial charge >= 0.3 is 0 Å². The number of hydrogen-bond acceptors (Lipinski definition) is 3. The van der Waals surface area contributed by atoms with Gasteiger partial charge in [-0.15, -0.1) is 0 Å². The predicted octanol–water partition coefficient (Wildman–Crippen LogP) is 2.21. The molecule has 4 heteroatoms. The number of nitrogens with zero attached hydrogens (tertiary/aromatic N) is 1. The Hall–Kier alpha value is -1.55. The average Bonchev–Trinajstić information content (AvgIpc) is 2.53. The summed E-state index contributed by atoms with van der Waals surface area (Å²) in [6, 6.07) is 8.19. The van der Waals surface area contributed by atoms with Crippen molar-refractivity contribution in [3.05, 3.63) is 29.8 Å². The number of rotatable bonds is 6. The second-order valence-corrected chi connectivity index (χ2v) is 5.94. The molecule has 1 aliphatic heterocycles. The van der Waals surface area contributed by atoms with Gasteiger partial charge in [-0.25, -0.2) is 0 Å². The molecule has 2 N–H and O–H groups in total. The van der Waals surface area contributed by atoms with E-state index in [4.69, 9.17) is 10.5 Å². The molecule has 116 valence electrons. The lowest BCUT2D eigenvalue weighted by Gasteiger charge is -2.34. The fraction of sp³-hybridized carbons (Fsp3) is 0.588. The molecule has 1 amide bonds. The molecule has 1 aromatic rings. The molecule has 1 aliphatic rings. The van der Waals surface area contributed by atoms with Crippen LogP contribution in [0.2, 0.25) is 0 Å². The highest BCUT2D eigenvalue weighted by Crippen LogP contribution is 2.24. The first-order chi connectivity index (χ1) is 10.1. The van der Waals surface area contributed by atoms with Gasteiger partial charge in [-0.05, 0) is 69.3 Å². The third-order valence-electron chi connectivity index (χ3n) is 4.61. The number of methoxy groups -OCH3 is 1. The molecule has 0 aromatic heterocycles. The van der Waals surface area contributed by atoms with Crippen molar-refractivity contribution < 1.29 is 9.53 Å². The highest BCUT2D eigenvalue weighted by molar-refractivity contribution is 5.79. The van der Waals surface area contributed by atoms with Gasteiger partial charge in [-0.3, -0.25) is 9.69 Å². The Balaban J connectivity index is 1.74. The Morgan fingerprint density at radius 1 is 1.33 bits per heavy atom. The number of likely N-dealkylation sites (tertiary alicyclic amines) is 1. The molecular weight excluding hydrogens is 264 g/mol. The zero-order valence-corrected chi connectivity index (χ0v) is 13.0. The summed E-state index contributed by atoms with van der Waals surface area (Å²) in [7, 11) is 1.69. The van der Waals surface area contributed by atoms with Crippen LogP contribution in [0.25, 0.3) is 0 Å². The number of carbonyl (C=O) groups excluding carboxylic acids is 1. The van der Waals surface area contributed by atoms with Crippen LogP contribution in [0.5, 0.6) is 5.75 Å². The minimum atomic E-state index is -0.216. The SMILES string of the molecule is COc1ccc(CCC2CCN([C@H](C)C(N)=O)CC2)cc1. The molecule has 0 unspecified atom stereocenters. The van der Waals surface area contributed by atoms with Crippen molar-refractivity contribution in [1.82, 2.24) is 4.90 Å². The van der Waals surface area contributed by atoms with Crippen LogP contribution in [0.15, 0.2) is 24.3 Å². The maximum absolute atomic E-state index is 11.2. The van der Waals surface area contributed by atoms with Gasteiger partial charge in [-0.2, -0.15) is 0 Å². The van der Waals surface area contributed by atoms with Crippen molar-refractivity contribution in [3.63, 3.8) is 0 Å². The lowest BCUT2D eigenvalue weighted by atomic mass is 9.90. The molecule has 0 spiro atoms. The summed E-state index contributed by atoms with van der Waals surface area (Å²) >= 11 is 0. The van der Waals surface area contributed by atoms with Crippen molar-refractivity contribution in [3.8, 4) is 5.75 Å². The Labute approximate surface area is 127 Å².